The second-order valence-electron chi connectivity index (χ2n) is 7.71. The van der Waals surface area contributed by atoms with Crippen LogP contribution in [0.15, 0.2) is 18.2 Å². The van der Waals surface area contributed by atoms with Crippen molar-refractivity contribution in [2.75, 3.05) is 5.32 Å². The SMILES string of the molecule is NC(=O)c1ccc(NC(=O)C23CC4CC(CC(C4)C2)C3)cc1F. The quantitative estimate of drug-likeness (QED) is 0.899. The molecule has 0 radical (unpaired) electrons. The Balaban J connectivity index is 1.54. The summed E-state index contributed by atoms with van der Waals surface area (Å²) in [4.78, 5) is 24.0. The van der Waals surface area contributed by atoms with Gasteiger partial charge in [0.25, 0.3) is 5.91 Å². The number of hydrogen-bond donors (Lipinski definition) is 2. The molecule has 1 aromatic rings. The van der Waals surface area contributed by atoms with Crippen LogP contribution < -0.4 is 11.1 Å². The number of amides is 2. The number of carbonyl (C=O) groups excluding carboxylic acids is 2. The van der Waals surface area contributed by atoms with Crippen molar-refractivity contribution < 1.29 is 14.0 Å². The summed E-state index contributed by atoms with van der Waals surface area (Å²) in [6.07, 6.45) is 6.71. The molecule has 0 atom stereocenters. The minimum Gasteiger partial charge on any atom is -0.366 e. The van der Waals surface area contributed by atoms with Gasteiger partial charge in [-0.25, -0.2) is 4.39 Å². The van der Waals surface area contributed by atoms with Gasteiger partial charge in [-0.1, -0.05) is 0 Å². The highest BCUT2D eigenvalue weighted by atomic mass is 19.1. The van der Waals surface area contributed by atoms with Crippen molar-refractivity contribution in [3.63, 3.8) is 0 Å². The van der Waals surface area contributed by atoms with Crippen molar-refractivity contribution in [1.82, 2.24) is 0 Å². The molecule has 1 aromatic carbocycles. The lowest BCUT2D eigenvalue weighted by atomic mass is 9.49. The van der Waals surface area contributed by atoms with Crippen molar-refractivity contribution in [2.24, 2.45) is 28.9 Å². The molecule has 122 valence electrons. The van der Waals surface area contributed by atoms with Crippen LogP contribution in [0, 0.1) is 29.0 Å². The normalized spacial score (nSPS) is 34.4. The van der Waals surface area contributed by atoms with Gasteiger partial charge in [0, 0.05) is 5.69 Å². The van der Waals surface area contributed by atoms with Crippen molar-refractivity contribution in [3.05, 3.63) is 29.6 Å². The summed E-state index contributed by atoms with van der Waals surface area (Å²) >= 11 is 0. The predicted octanol–water partition coefficient (Wildman–Crippen LogP) is 3.08. The first-order valence-electron chi connectivity index (χ1n) is 8.36. The van der Waals surface area contributed by atoms with Gasteiger partial charge in [-0.2, -0.15) is 0 Å². The second kappa shape index (κ2) is 5.05. The van der Waals surface area contributed by atoms with Crippen LogP contribution in [0.5, 0.6) is 0 Å². The van der Waals surface area contributed by atoms with Crippen LogP contribution in [0.3, 0.4) is 0 Å². The number of halogens is 1. The first-order chi connectivity index (χ1) is 10.9. The average Bonchev–Trinajstić information content (AvgIpc) is 2.45. The lowest BCUT2D eigenvalue weighted by molar-refractivity contribution is -0.140. The molecule has 4 saturated carbocycles. The van der Waals surface area contributed by atoms with Gasteiger partial charge < -0.3 is 11.1 Å². The van der Waals surface area contributed by atoms with Crippen LogP contribution in [-0.4, -0.2) is 11.8 Å². The number of hydrogen-bond acceptors (Lipinski definition) is 2. The summed E-state index contributed by atoms with van der Waals surface area (Å²) < 4.78 is 13.9. The maximum atomic E-state index is 13.9. The Morgan fingerprint density at radius 1 is 1.09 bits per heavy atom. The van der Waals surface area contributed by atoms with Crippen molar-refractivity contribution in [2.45, 2.75) is 38.5 Å². The number of anilines is 1. The minimum absolute atomic E-state index is 0.0165. The van der Waals surface area contributed by atoms with E-state index in [-0.39, 0.29) is 16.9 Å². The van der Waals surface area contributed by atoms with Crippen LogP contribution in [0.4, 0.5) is 10.1 Å². The molecule has 5 heteroatoms. The van der Waals surface area contributed by atoms with E-state index in [2.05, 4.69) is 5.32 Å². The Labute approximate surface area is 134 Å². The molecule has 2 amide bonds. The van der Waals surface area contributed by atoms with E-state index in [1.54, 1.807) is 6.07 Å². The molecule has 0 unspecified atom stereocenters. The Morgan fingerprint density at radius 2 is 1.65 bits per heavy atom. The van der Waals surface area contributed by atoms with Crippen molar-refractivity contribution in [1.29, 1.82) is 0 Å². The average molecular weight is 316 g/mol. The molecule has 0 spiro atoms. The number of nitrogens with two attached hydrogens (primary N) is 1. The van der Waals surface area contributed by atoms with E-state index in [0.717, 1.165) is 19.3 Å². The molecule has 4 nitrogen and oxygen atoms in total. The molecule has 3 N–H and O–H groups in total. The molecule has 4 aliphatic carbocycles. The van der Waals surface area contributed by atoms with Crippen molar-refractivity contribution >= 4 is 17.5 Å². The number of nitrogens with one attached hydrogen (secondary N) is 1. The van der Waals surface area contributed by atoms with Crippen LogP contribution in [0.1, 0.15) is 48.9 Å². The van der Waals surface area contributed by atoms with E-state index in [9.17, 15) is 14.0 Å². The van der Waals surface area contributed by atoms with Crippen molar-refractivity contribution in [3.8, 4) is 0 Å². The van der Waals surface area contributed by atoms with Gasteiger partial charge in [0.2, 0.25) is 5.91 Å². The summed E-state index contributed by atoms with van der Waals surface area (Å²) in [5, 5.41) is 2.87. The number of benzene rings is 1. The Hall–Kier alpha value is -1.91. The summed E-state index contributed by atoms with van der Waals surface area (Å²) in [6.45, 7) is 0. The van der Waals surface area contributed by atoms with E-state index >= 15 is 0 Å². The standard InChI is InChI=1S/C18H21FN2O2/c19-15-6-13(1-2-14(15)16(20)22)21-17(23)18-7-10-3-11(8-18)5-12(4-10)9-18/h1-2,6,10-12H,3-5,7-9H2,(H2,20,22)(H,21,23). The first kappa shape index (κ1) is 14.7. The lowest BCUT2D eigenvalue weighted by Gasteiger charge is -2.55. The summed E-state index contributed by atoms with van der Waals surface area (Å²) in [6, 6.07) is 4.05. The Morgan fingerprint density at radius 3 is 2.13 bits per heavy atom. The number of carbonyl (C=O) groups is 2. The zero-order valence-corrected chi connectivity index (χ0v) is 13.0. The monoisotopic (exact) mass is 316 g/mol. The smallest absolute Gasteiger partial charge is 0.251 e. The van der Waals surface area contributed by atoms with E-state index < -0.39 is 11.7 Å². The highest BCUT2D eigenvalue weighted by molar-refractivity contribution is 5.97. The molecular weight excluding hydrogens is 295 g/mol. The maximum Gasteiger partial charge on any atom is 0.251 e. The summed E-state index contributed by atoms with van der Waals surface area (Å²) in [5.41, 5.74) is 5.07. The fourth-order valence-electron chi connectivity index (χ4n) is 5.45. The number of rotatable bonds is 3. The zero-order valence-electron chi connectivity index (χ0n) is 13.0. The lowest BCUT2D eigenvalue weighted by Crippen LogP contribution is -2.51. The van der Waals surface area contributed by atoms with E-state index in [4.69, 9.17) is 5.73 Å². The molecule has 23 heavy (non-hydrogen) atoms. The van der Waals surface area contributed by atoms with Gasteiger partial charge in [0.05, 0.1) is 11.0 Å². The van der Waals surface area contributed by atoms with E-state index in [0.29, 0.717) is 23.4 Å². The van der Waals surface area contributed by atoms with Gasteiger partial charge in [-0.05, 0) is 74.5 Å². The molecule has 0 aliphatic heterocycles. The van der Waals surface area contributed by atoms with E-state index in [1.807, 2.05) is 0 Å². The third kappa shape index (κ3) is 2.42. The van der Waals surface area contributed by atoms with Gasteiger partial charge in [0.1, 0.15) is 5.82 Å². The van der Waals surface area contributed by atoms with Gasteiger partial charge in [-0.3, -0.25) is 9.59 Å². The van der Waals surface area contributed by atoms with E-state index in [1.165, 1.54) is 31.4 Å². The Bertz CT molecular complexity index is 650. The summed E-state index contributed by atoms with van der Waals surface area (Å²) in [5.74, 6) is 0.563. The highest BCUT2D eigenvalue weighted by Crippen LogP contribution is 2.60. The van der Waals surface area contributed by atoms with Crippen LogP contribution in [-0.2, 0) is 4.79 Å². The third-order valence-corrected chi connectivity index (χ3v) is 6.01. The fourth-order valence-corrected chi connectivity index (χ4v) is 5.45. The molecule has 5 rings (SSSR count). The molecule has 0 saturated heterocycles. The van der Waals surface area contributed by atoms with Crippen LogP contribution in [0.25, 0.3) is 0 Å². The molecule has 4 aliphatic rings. The third-order valence-electron chi connectivity index (χ3n) is 6.01. The second-order valence-corrected chi connectivity index (χ2v) is 7.71. The largest absolute Gasteiger partial charge is 0.366 e. The predicted molar refractivity (Wildman–Crippen MR) is 84.2 cm³/mol. The number of primary amides is 1. The Kier molecular flexibility index (Phi) is 3.22. The first-order valence-corrected chi connectivity index (χ1v) is 8.36. The maximum absolute atomic E-state index is 13.9. The van der Waals surface area contributed by atoms with Gasteiger partial charge in [-0.15, -0.1) is 0 Å². The van der Waals surface area contributed by atoms with Gasteiger partial charge >= 0.3 is 0 Å². The van der Waals surface area contributed by atoms with Gasteiger partial charge in [0.15, 0.2) is 0 Å². The minimum atomic E-state index is -0.804. The molecular formula is C18H21FN2O2. The molecule has 4 fully saturated rings. The summed E-state index contributed by atoms with van der Waals surface area (Å²) in [7, 11) is 0. The topological polar surface area (TPSA) is 72.2 Å². The fraction of sp³-hybridized carbons (Fsp3) is 0.556. The zero-order chi connectivity index (χ0) is 16.2. The highest BCUT2D eigenvalue weighted by Gasteiger charge is 2.54. The molecule has 0 aromatic heterocycles. The molecule has 4 bridgehead atoms. The van der Waals surface area contributed by atoms with Crippen LogP contribution in [0.2, 0.25) is 0 Å². The molecule has 0 heterocycles. The van der Waals surface area contributed by atoms with Crippen LogP contribution >= 0.6 is 0 Å².